The van der Waals surface area contributed by atoms with Crippen LogP contribution in [0.2, 0.25) is 0 Å². The number of carbonyl (C=O) groups is 1. The second kappa shape index (κ2) is 5.76. The lowest BCUT2D eigenvalue weighted by Gasteiger charge is -2.05. The predicted molar refractivity (Wildman–Crippen MR) is 73.6 cm³/mol. The number of aromatic carboxylic acids is 1. The fourth-order valence-corrected chi connectivity index (χ4v) is 3.68. The van der Waals surface area contributed by atoms with E-state index in [1.165, 1.54) is 23.1 Å². The Labute approximate surface area is 120 Å². The molecule has 9 heteroatoms. The van der Waals surface area contributed by atoms with Gasteiger partial charge in [0.25, 0.3) is 0 Å². The molecule has 1 aromatic carbocycles. The average molecular weight is 317 g/mol. The molecule has 19 heavy (non-hydrogen) atoms. The van der Waals surface area contributed by atoms with Crippen molar-refractivity contribution in [2.75, 3.05) is 12.0 Å². The molecular weight excluding hydrogens is 309 g/mol. The maximum Gasteiger partial charge on any atom is 0.338 e. The number of carboxylic acid groups (broad SMARTS) is 1. The molecular formula is C10H8FN3O2S3. The van der Waals surface area contributed by atoms with Crippen molar-refractivity contribution < 1.29 is 14.3 Å². The number of aromatic nitrogens is 2. The van der Waals surface area contributed by atoms with Gasteiger partial charge in [0.15, 0.2) is 8.68 Å². The first kappa shape index (κ1) is 14.1. The first-order valence-electron chi connectivity index (χ1n) is 4.89. The maximum absolute atomic E-state index is 13.6. The number of nitrogens with zero attached hydrogens (tertiary/aromatic N) is 2. The van der Waals surface area contributed by atoms with Crippen LogP contribution in [0.15, 0.2) is 25.7 Å². The molecule has 100 valence electrons. The lowest BCUT2D eigenvalue weighted by molar-refractivity contribution is 0.0692. The molecule has 2 aromatic rings. The van der Waals surface area contributed by atoms with E-state index in [0.29, 0.717) is 9.24 Å². The fraction of sp³-hybridized carbons (Fsp3) is 0.100. The zero-order valence-corrected chi connectivity index (χ0v) is 12.0. The van der Waals surface area contributed by atoms with Crippen LogP contribution >= 0.6 is 34.9 Å². The van der Waals surface area contributed by atoms with Gasteiger partial charge in [-0.05, 0) is 18.4 Å². The van der Waals surface area contributed by atoms with Crippen LogP contribution in [-0.2, 0) is 0 Å². The molecule has 0 amide bonds. The predicted octanol–water partition coefficient (Wildman–Crippen LogP) is 2.83. The molecule has 0 atom stereocenters. The summed E-state index contributed by atoms with van der Waals surface area (Å²) in [5, 5.41) is 16.6. The standard InChI is InChI=1S/C10H8FN3O2S3/c1-17-9-13-14-10(19-9)18-7-3-5(11)4(8(15)16)2-6(7)12/h2-3H,12H2,1H3,(H,15,16). The van der Waals surface area contributed by atoms with Crippen LogP contribution in [0.1, 0.15) is 10.4 Å². The molecule has 0 unspecified atom stereocenters. The van der Waals surface area contributed by atoms with E-state index in [1.807, 2.05) is 6.26 Å². The molecule has 0 bridgehead atoms. The molecule has 2 rings (SSSR count). The number of hydrogen-bond acceptors (Lipinski definition) is 7. The normalized spacial score (nSPS) is 10.6. The SMILES string of the molecule is CSc1nnc(Sc2cc(F)c(C(=O)O)cc2N)s1. The van der Waals surface area contributed by atoms with Gasteiger partial charge in [-0.15, -0.1) is 10.2 Å². The van der Waals surface area contributed by atoms with Crippen LogP contribution in [0, 0.1) is 5.82 Å². The Bertz CT molecular complexity index is 632. The van der Waals surface area contributed by atoms with Crippen LogP contribution in [0.4, 0.5) is 10.1 Å². The largest absolute Gasteiger partial charge is 0.478 e. The Morgan fingerprint density at radius 1 is 1.42 bits per heavy atom. The Hall–Kier alpha value is -1.32. The Morgan fingerprint density at radius 3 is 2.68 bits per heavy atom. The van der Waals surface area contributed by atoms with E-state index in [0.717, 1.165) is 28.2 Å². The number of hydrogen-bond donors (Lipinski definition) is 2. The van der Waals surface area contributed by atoms with Crippen molar-refractivity contribution in [3.8, 4) is 0 Å². The quantitative estimate of drug-likeness (QED) is 0.662. The van der Waals surface area contributed by atoms with Crippen LogP contribution in [-0.4, -0.2) is 27.5 Å². The van der Waals surface area contributed by atoms with Gasteiger partial charge in [0.05, 0.1) is 5.56 Å². The van der Waals surface area contributed by atoms with Gasteiger partial charge in [-0.2, -0.15) is 0 Å². The zero-order chi connectivity index (χ0) is 14.0. The van der Waals surface area contributed by atoms with Gasteiger partial charge in [0.2, 0.25) is 0 Å². The number of nitrogens with two attached hydrogens (primary N) is 1. The third kappa shape index (κ3) is 3.17. The monoisotopic (exact) mass is 317 g/mol. The second-order valence-electron chi connectivity index (χ2n) is 3.32. The van der Waals surface area contributed by atoms with Crippen molar-refractivity contribution in [2.24, 2.45) is 0 Å². The molecule has 0 aliphatic heterocycles. The minimum Gasteiger partial charge on any atom is -0.478 e. The highest BCUT2D eigenvalue weighted by Gasteiger charge is 2.15. The van der Waals surface area contributed by atoms with Crippen molar-refractivity contribution in [3.63, 3.8) is 0 Å². The van der Waals surface area contributed by atoms with Gasteiger partial charge < -0.3 is 10.8 Å². The first-order valence-corrected chi connectivity index (χ1v) is 7.74. The highest BCUT2D eigenvalue weighted by Crippen LogP contribution is 2.36. The minimum atomic E-state index is -1.35. The lowest BCUT2D eigenvalue weighted by atomic mass is 10.2. The van der Waals surface area contributed by atoms with Crippen molar-refractivity contribution >= 4 is 46.5 Å². The molecule has 0 aliphatic carbocycles. The number of anilines is 1. The molecule has 0 radical (unpaired) electrons. The number of benzene rings is 1. The van der Waals surface area contributed by atoms with Crippen LogP contribution < -0.4 is 5.73 Å². The Kier molecular flexibility index (Phi) is 4.27. The van der Waals surface area contributed by atoms with E-state index < -0.39 is 17.3 Å². The van der Waals surface area contributed by atoms with Crippen LogP contribution in [0.5, 0.6) is 0 Å². The molecule has 1 heterocycles. The maximum atomic E-state index is 13.6. The Balaban J connectivity index is 2.30. The van der Waals surface area contributed by atoms with E-state index in [1.54, 1.807) is 0 Å². The van der Waals surface area contributed by atoms with Crippen molar-refractivity contribution in [1.29, 1.82) is 0 Å². The number of halogens is 1. The molecule has 0 saturated heterocycles. The van der Waals surface area contributed by atoms with E-state index in [-0.39, 0.29) is 5.69 Å². The molecule has 0 aliphatic rings. The summed E-state index contributed by atoms with van der Waals surface area (Å²) in [6, 6.07) is 2.21. The summed E-state index contributed by atoms with van der Waals surface area (Å²) in [5.74, 6) is -2.17. The van der Waals surface area contributed by atoms with E-state index in [2.05, 4.69) is 10.2 Å². The molecule has 5 nitrogen and oxygen atoms in total. The third-order valence-electron chi connectivity index (χ3n) is 2.09. The number of nitrogen functional groups attached to an aromatic ring is 1. The molecule has 3 N–H and O–H groups in total. The summed E-state index contributed by atoms with van der Waals surface area (Å²) in [4.78, 5) is 11.2. The van der Waals surface area contributed by atoms with Crippen LogP contribution in [0.25, 0.3) is 0 Å². The second-order valence-corrected chi connectivity index (χ2v) is 6.64. The lowest BCUT2D eigenvalue weighted by Crippen LogP contribution is -2.03. The van der Waals surface area contributed by atoms with Gasteiger partial charge in [-0.1, -0.05) is 34.9 Å². The summed E-state index contributed by atoms with van der Waals surface area (Å²) < 4.78 is 15.0. The number of rotatable bonds is 4. The third-order valence-corrected chi connectivity index (χ3v) is 5.11. The van der Waals surface area contributed by atoms with Crippen molar-refractivity contribution in [2.45, 2.75) is 13.6 Å². The summed E-state index contributed by atoms with van der Waals surface area (Å²) >= 11 is 3.98. The zero-order valence-electron chi connectivity index (χ0n) is 9.58. The van der Waals surface area contributed by atoms with Gasteiger partial charge in [-0.25, -0.2) is 9.18 Å². The van der Waals surface area contributed by atoms with Crippen LogP contribution in [0.3, 0.4) is 0 Å². The van der Waals surface area contributed by atoms with E-state index >= 15 is 0 Å². The summed E-state index contributed by atoms with van der Waals surface area (Å²) in [6.45, 7) is 0. The highest BCUT2D eigenvalue weighted by molar-refractivity contribution is 8.03. The summed E-state index contributed by atoms with van der Waals surface area (Å²) in [6.07, 6.45) is 1.88. The average Bonchev–Trinajstić information content (AvgIpc) is 2.80. The topological polar surface area (TPSA) is 89.1 Å². The number of carboxylic acids is 1. The van der Waals surface area contributed by atoms with E-state index in [4.69, 9.17) is 10.8 Å². The molecule has 1 aromatic heterocycles. The minimum absolute atomic E-state index is 0.199. The fourth-order valence-electron chi connectivity index (χ4n) is 1.24. The van der Waals surface area contributed by atoms with Crippen molar-refractivity contribution in [3.05, 3.63) is 23.5 Å². The van der Waals surface area contributed by atoms with Crippen molar-refractivity contribution in [1.82, 2.24) is 10.2 Å². The highest BCUT2D eigenvalue weighted by atomic mass is 32.2. The van der Waals surface area contributed by atoms with Gasteiger partial charge in [-0.3, -0.25) is 0 Å². The molecule has 0 saturated carbocycles. The first-order chi connectivity index (χ1) is 9.01. The summed E-state index contributed by atoms with van der Waals surface area (Å²) in [7, 11) is 0. The number of thioether (sulfide) groups is 1. The molecule has 0 fully saturated rings. The van der Waals surface area contributed by atoms with Gasteiger partial charge >= 0.3 is 5.97 Å². The summed E-state index contributed by atoms with van der Waals surface area (Å²) in [5.41, 5.74) is 5.47. The van der Waals surface area contributed by atoms with E-state index in [9.17, 15) is 9.18 Å². The Morgan fingerprint density at radius 2 is 2.11 bits per heavy atom. The van der Waals surface area contributed by atoms with Gasteiger partial charge in [0.1, 0.15) is 5.82 Å². The molecule has 0 spiro atoms. The van der Waals surface area contributed by atoms with Gasteiger partial charge in [0, 0.05) is 10.6 Å². The smallest absolute Gasteiger partial charge is 0.338 e.